The second-order valence-corrected chi connectivity index (χ2v) is 7.80. The van der Waals surface area contributed by atoms with Crippen molar-refractivity contribution in [2.75, 3.05) is 32.4 Å². The van der Waals surface area contributed by atoms with Gasteiger partial charge in [0.05, 0.1) is 12.1 Å². The molecule has 0 amide bonds. The molecular formula is C18H36IN3OS. The van der Waals surface area contributed by atoms with E-state index in [2.05, 4.69) is 37.7 Å². The van der Waals surface area contributed by atoms with Crippen molar-refractivity contribution >= 4 is 41.7 Å². The van der Waals surface area contributed by atoms with Crippen molar-refractivity contribution in [1.29, 1.82) is 0 Å². The third-order valence-electron chi connectivity index (χ3n) is 4.41. The molecule has 0 aromatic rings. The highest BCUT2D eigenvalue weighted by molar-refractivity contribution is 14.0. The van der Waals surface area contributed by atoms with Crippen molar-refractivity contribution in [2.45, 2.75) is 63.2 Å². The van der Waals surface area contributed by atoms with Gasteiger partial charge in [0.15, 0.2) is 5.96 Å². The van der Waals surface area contributed by atoms with E-state index in [9.17, 15) is 5.11 Å². The Morgan fingerprint density at radius 1 is 1.42 bits per heavy atom. The van der Waals surface area contributed by atoms with Gasteiger partial charge >= 0.3 is 0 Å². The van der Waals surface area contributed by atoms with Crippen LogP contribution in [0, 0.1) is 0 Å². The molecule has 0 spiro atoms. The van der Waals surface area contributed by atoms with Crippen LogP contribution in [0.1, 0.15) is 52.4 Å². The summed E-state index contributed by atoms with van der Waals surface area (Å²) in [5, 5.41) is 14.4. The molecule has 1 aliphatic carbocycles. The largest absolute Gasteiger partial charge is 0.387 e. The SMILES string of the molecule is C=CCCCCCN(C)C(=NCC1(O)CCC1SCC)NCC.I. The average molecular weight is 469 g/mol. The Hall–Kier alpha value is 0.0500. The zero-order valence-corrected chi connectivity index (χ0v) is 18.7. The van der Waals surface area contributed by atoms with Crippen LogP contribution in [-0.2, 0) is 0 Å². The maximum atomic E-state index is 10.7. The van der Waals surface area contributed by atoms with Crippen molar-refractivity contribution in [3.63, 3.8) is 0 Å². The molecule has 2 N–H and O–H groups in total. The van der Waals surface area contributed by atoms with Gasteiger partial charge in [-0.3, -0.25) is 4.99 Å². The number of rotatable bonds is 11. The van der Waals surface area contributed by atoms with Crippen LogP contribution in [0.3, 0.4) is 0 Å². The summed E-state index contributed by atoms with van der Waals surface area (Å²) < 4.78 is 0. The van der Waals surface area contributed by atoms with Gasteiger partial charge in [-0.15, -0.1) is 30.6 Å². The fraction of sp³-hybridized carbons (Fsp3) is 0.833. The maximum absolute atomic E-state index is 10.7. The van der Waals surface area contributed by atoms with Crippen molar-refractivity contribution < 1.29 is 5.11 Å². The van der Waals surface area contributed by atoms with E-state index in [4.69, 9.17) is 4.99 Å². The molecule has 1 rings (SSSR count). The molecule has 1 fully saturated rings. The number of thioether (sulfide) groups is 1. The standard InChI is InChI=1S/C18H35N3OS.HI/c1-5-8-9-10-11-14-21(4)17(19-6-2)20-15-18(22)13-12-16(18)23-7-3;/h5,16,22H,1,6-15H2,2-4H3,(H,19,20);1H. The number of guanidine groups is 1. The quantitative estimate of drug-likeness (QED) is 0.159. The summed E-state index contributed by atoms with van der Waals surface area (Å²) in [5.41, 5.74) is -0.605. The van der Waals surface area contributed by atoms with E-state index < -0.39 is 5.60 Å². The van der Waals surface area contributed by atoms with Crippen LogP contribution in [0.2, 0.25) is 0 Å². The van der Waals surface area contributed by atoms with Crippen molar-refractivity contribution in [2.24, 2.45) is 4.99 Å². The fourth-order valence-electron chi connectivity index (χ4n) is 2.82. The number of hydrogen-bond donors (Lipinski definition) is 2. The van der Waals surface area contributed by atoms with Crippen LogP contribution in [0.4, 0.5) is 0 Å². The molecule has 0 saturated heterocycles. The third kappa shape index (κ3) is 7.95. The van der Waals surface area contributed by atoms with Gasteiger partial charge in [0.1, 0.15) is 0 Å². The van der Waals surface area contributed by atoms with Gasteiger partial charge in [0.2, 0.25) is 0 Å². The summed E-state index contributed by atoms with van der Waals surface area (Å²) in [5.74, 6) is 1.97. The minimum Gasteiger partial charge on any atom is -0.387 e. The zero-order valence-electron chi connectivity index (χ0n) is 15.6. The minimum atomic E-state index is -0.605. The molecule has 24 heavy (non-hydrogen) atoms. The van der Waals surface area contributed by atoms with Crippen LogP contribution in [0.5, 0.6) is 0 Å². The maximum Gasteiger partial charge on any atom is 0.193 e. The number of halogens is 1. The van der Waals surface area contributed by atoms with Gasteiger partial charge in [-0.25, -0.2) is 0 Å². The third-order valence-corrected chi connectivity index (χ3v) is 5.82. The van der Waals surface area contributed by atoms with E-state index in [-0.39, 0.29) is 24.0 Å². The molecule has 0 aliphatic heterocycles. The molecule has 0 aromatic heterocycles. The average Bonchev–Trinajstić information content (AvgIpc) is 2.54. The van der Waals surface area contributed by atoms with Crippen molar-refractivity contribution in [3.05, 3.63) is 12.7 Å². The molecule has 2 atom stereocenters. The number of allylic oxidation sites excluding steroid dienone is 1. The molecule has 1 aliphatic rings. The lowest BCUT2D eigenvalue weighted by Gasteiger charge is -2.44. The molecular weight excluding hydrogens is 433 g/mol. The van der Waals surface area contributed by atoms with E-state index >= 15 is 0 Å². The summed E-state index contributed by atoms with van der Waals surface area (Å²) in [4.78, 5) is 6.89. The predicted molar refractivity (Wildman–Crippen MR) is 119 cm³/mol. The molecule has 2 unspecified atom stereocenters. The Balaban J connectivity index is 0.00000529. The Morgan fingerprint density at radius 2 is 2.17 bits per heavy atom. The van der Waals surface area contributed by atoms with Gasteiger partial charge in [-0.1, -0.05) is 19.4 Å². The van der Waals surface area contributed by atoms with E-state index in [1.165, 1.54) is 12.8 Å². The molecule has 1 saturated carbocycles. The first-order valence-electron chi connectivity index (χ1n) is 9.01. The molecule has 0 heterocycles. The van der Waals surface area contributed by atoms with Crippen molar-refractivity contribution in [3.8, 4) is 0 Å². The number of nitrogens with zero attached hydrogens (tertiary/aromatic N) is 2. The van der Waals surface area contributed by atoms with E-state index in [0.29, 0.717) is 11.8 Å². The second kappa shape index (κ2) is 13.3. The summed E-state index contributed by atoms with van der Waals surface area (Å²) in [6.45, 7) is 10.4. The van der Waals surface area contributed by atoms with Gasteiger partial charge in [0, 0.05) is 25.4 Å². The van der Waals surface area contributed by atoms with Gasteiger partial charge in [-0.2, -0.15) is 11.8 Å². The Bertz CT molecular complexity index is 381. The molecule has 4 nitrogen and oxygen atoms in total. The summed E-state index contributed by atoms with van der Waals surface area (Å²) in [6.07, 6.45) is 8.66. The zero-order chi connectivity index (χ0) is 17.1. The van der Waals surface area contributed by atoms with Crippen LogP contribution in [-0.4, -0.2) is 59.3 Å². The number of nitrogens with one attached hydrogen (secondary N) is 1. The molecule has 0 radical (unpaired) electrons. The summed E-state index contributed by atoms with van der Waals surface area (Å²) in [7, 11) is 2.08. The van der Waals surface area contributed by atoms with Gasteiger partial charge in [0.25, 0.3) is 0 Å². The number of unbranched alkanes of at least 4 members (excludes halogenated alkanes) is 3. The molecule has 6 heteroatoms. The number of aliphatic imine (C=N–C) groups is 1. The summed E-state index contributed by atoms with van der Waals surface area (Å²) >= 11 is 1.86. The predicted octanol–water partition coefficient (Wildman–Crippen LogP) is 3.89. The Morgan fingerprint density at radius 3 is 2.71 bits per heavy atom. The van der Waals surface area contributed by atoms with E-state index in [1.54, 1.807) is 0 Å². The van der Waals surface area contributed by atoms with E-state index in [1.807, 2.05) is 17.8 Å². The smallest absolute Gasteiger partial charge is 0.193 e. The number of aliphatic hydroxyl groups is 1. The highest BCUT2D eigenvalue weighted by atomic mass is 127. The summed E-state index contributed by atoms with van der Waals surface area (Å²) in [6, 6.07) is 0. The second-order valence-electron chi connectivity index (χ2n) is 6.32. The van der Waals surface area contributed by atoms with Gasteiger partial charge in [-0.05, 0) is 44.8 Å². The number of hydrogen-bond acceptors (Lipinski definition) is 3. The van der Waals surface area contributed by atoms with Crippen molar-refractivity contribution in [1.82, 2.24) is 10.2 Å². The molecule has 0 bridgehead atoms. The first kappa shape index (κ1) is 24.1. The van der Waals surface area contributed by atoms with Gasteiger partial charge < -0.3 is 15.3 Å². The molecule has 142 valence electrons. The lowest BCUT2D eigenvalue weighted by Crippen LogP contribution is -2.53. The Labute approximate surface area is 170 Å². The normalized spacial score (nSPS) is 23.2. The highest BCUT2D eigenvalue weighted by Crippen LogP contribution is 2.41. The van der Waals surface area contributed by atoms with Crippen LogP contribution < -0.4 is 5.32 Å². The first-order valence-corrected chi connectivity index (χ1v) is 10.1. The monoisotopic (exact) mass is 469 g/mol. The lowest BCUT2D eigenvalue weighted by atomic mass is 9.79. The van der Waals surface area contributed by atoms with Crippen LogP contribution in [0.15, 0.2) is 17.6 Å². The topological polar surface area (TPSA) is 47.9 Å². The molecule has 0 aromatic carbocycles. The van der Waals surface area contributed by atoms with Crippen LogP contribution >= 0.6 is 35.7 Å². The van der Waals surface area contributed by atoms with E-state index in [0.717, 1.165) is 50.5 Å². The Kier molecular flexibility index (Phi) is 13.3. The first-order chi connectivity index (χ1) is 11.1. The minimum absolute atomic E-state index is 0. The fourth-order valence-corrected chi connectivity index (χ4v) is 4.01. The lowest BCUT2D eigenvalue weighted by molar-refractivity contribution is -0.0156. The van der Waals surface area contributed by atoms with Crippen LogP contribution in [0.25, 0.3) is 0 Å². The highest BCUT2D eigenvalue weighted by Gasteiger charge is 2.45.